The molecule has 1 heterocycles. The zero-order chi connectivity index (χ0) is 19.4. The van der Waals surface area contributed by atoms with Crippen LogP contribution in [0.15, 0.2) is 52.1 Å². The Hall–Kier alpha value is -1.36. The van der Waals surface area contributed by atoms with Crippen molar-refractivity contribution < 1.29 is 4.74 Å². The van der Waals surface area contributed by atoms with Crippen LogP contribution in [-0.4, -0.2) is 23.9 Å². The number of amidine groups is 1. The number of rotatable bonds is 3. The summed E-state index contributed by atoms with van der Waals surface area (Å²) >= 11 is 6.47. The Balaban J connectivity index is 1.30. The van der Waals surface area contributed by atoms with E-state index in [0.29, 0.717) is 29.8 Å². The quantitative estimate of drug-likeness (QED) is 0.400. The van der Waals surface area contributed by atoms with Crippen molar-refractivity contribution in [3.05, 3.63) is 47.1 Å². The molecule has 0 aromatic heterocycles. The largest absolute Gasteiger partial charge is 0.342 e. The third-order valence-corrected chi connectivity index (χ3v) is 7.99. The first kappa shape index (κ1) is 18.4. The van der Waals surface area contributed by atoms with E-state index in [1.165, 1.54) is 43.3 Å². The van der Waals surface area contributed by atoms with Gasteiger partial charge in [0.1, 0.15) is 5.84 Å². The molecule has 6 unspecified atom stereocenters. The summed E-state index contributed by atoms with van der Waals surface area (Å²) in [5.41, 5.74) is 3.87. The maximum atomic E-state index is 6.47. The summed E-state index contributed by atoms with van der Waals surface area (Å²) in [7, 11) is 0. The van der Waals surface area contributed by atoms with Gasteiger partial charge in [0, 0.05) is 5.57 Å². The van der Waals surface area contributed by atoms with Crippen LogP contribution in [0.1, 0.15) is 51.4 Å². The molecule has 0 bridgehead atoms. The third kappa shape index (κ3) is 3.24. The van der Waals surface area contributed by atoms with Crippen molar-refractivity contribution in [1.82, 2.24) is 10.6 Å². The Morgan fingerprint density at radius 2 is 1.93 bits per heavy atom. The van der Waals surface area contributed by atoms with Crippen molar-refractivity contribution in [1.29, 1.82) is 0 Å². The van der Waals surface area contributed by atoms with Crippen LogP contribution in [0, 0.1) is 23.7 Å². The number of nitrogens with one attached hydrogen (secondary N) is 2. The lowest BCUT2D eigenvalue weighted by atomic mass is 9.57. The van der Waals surface area contributed by atoms with Crippen LogP contribution in [0.3, 0.4) is 0 Å². The zero-order valence-electron chi connectivity index (χ0n) is 16.8. The van der Waals surface area contributed by atoms with Crippen molar-refractivity contribution in [2.24, 2.45) is 28.7 Å². The molecule has 1 aliphatic heterocycles. The molecular weight excluding hydrogens is 382 g/mol. The first-order chi connectivity index (χ1) is 14.3. The minimum atomic E-state index is -0.459. The molecule has 4 nitrogen and oxygen atoms in total. The highest BCUT2D eigenvalue weighted by Crippen LogP contribution is 2.53. The van der Waals surface area contributed by atoms with E-state index < -0.39 is 5.62 Å². The molecule has 0 radical (unpaired) electrons. The summed E-state index contributed by atoms with van der Waals surface area (Å²) in [4.78, 5) is 4.72. The second kappa shape index (κ2) is 7.40. The lowest BCUT2D eigenvalue weighted by molar-refractivity contribution is -0.0388. The van der Waals surface area contributed by atoms with Gasteiger partial charge in [0.25, 0.3) is 0 Å². The topological polar surface area (TPSA) is 45.7 Å². The molecule has 0 amide bonds. The first-order valence-corrected chi connectivity index (χ1v) is 11.9. The number of alkyl halides is 1. The third-order valence-electron chi connectivity index (χ3n) is 7.76. The van der Waals surface area contributed by atoms with Gasteiger partial charge < -0.3 is 10.1 Å². The number of halogens is 1. The maximum Gasteiger partial charge on any atom is 0.188 e. The van der Waals surface area contributed by atoms with Crippen LogP contribution in [0.4, 0.5) is 0 Å². The Kier molecular flexibility index (Phi) is 4.70. The van der Waals surface area contributed by atoms with E-state index in [2.05, 4.69) is 41.0 Å². The fourth-order valence-electron chi connectivity index (χ4n) is 6.47. The van der Waals surface area contributed by atoms with Crippen molar-refractivity contribution in [2.45, 2.75) is 69.4 Å². The molecule has 6 rings (SSSR count). The van der Waals surface area contributed by atoms with E-state index in [1.54, 1.807) is 5.57 Å². The van der Waals surface area contributed by atoms with Gasteiger partial charge in [-0.05, 0) is 67.8 Å². The summed E-state index contributed by atoms with van der Waals surface area (Å²) in [5.74, 6) is 3.66. The Morgan fingerprint density at radius 3 is 2.83 bits per heavy atom. The highest BCUT2D eigenvalue weighted by molar-refractivity contribution is 6.21. The second-order valence-corrected chi connectivity index (χ2v) is 9.83. The average Bonchev–Trinajstić information content (AvgIpc) is 3.24. The van der Waals surface area contributed by atoms with E-state index in [4.69, 9.17) is 21.3 Å². The van der Waals surface area contributed by atoms with Crippen LogP contribution >= 0.6 is 11.6 Å². The molecule has 5 heteroatoms. The summed E-state index contributed by atoms with van der Waals surface area (Å²) < 4.78 is 6.26. The molecule has 0 aromatic carbocycles. The molecule has 0 saturated heterocycles. The highest BCUT2D eigenvalue weighted by Gasteiger charge is 2.43. The van der Waals surface area contributed by atoms with E-state index in [0.717, 1.165) is 25.1 Å². The molecule has 2 fully saturated rings. The van der Waals surface area contributed by atoms with E-state index in [-0.39, 0.29) is 6.35 Å². The first-order valence-electron chi connectivity index (χ1n) is 11.5. The standard InChI is InChI=1S/C24H30ClN3O/c25-23-26-22(27-24(28-23)29-17-6-1-2-7-17)19-13-11-16-9-8-14-4-3-5-15-10-12-18(19)21(16)20(14)15/h3-4,10,12-17,20,23-24,28H,1-2,5-9,11H2,(H,26,27). The molecule has 0 spiro atoms. The summed E-state index contributed by atoms with van der Waals surface area (Å²) in [5, 5.41) is 6.74. The zero-order valence-corrected chi connectivity index (χ0v) is 17.6. The van der Waals surface area contributed by atoms with Crippen molar-refractivity contribution in [2.75, 3.05) is 0 Å². The van der Waals surface area contributed by atoms with Gasteiger partial charge in [-0.1, -0.05) is 60.4 Å². The highest BCUT2D eigenvalue weighted by atomic mass is 35.5. The number of hydrogen-bond donors (Lipinski definition) is 2. The van der Waals surface area contributed by atoms with Gasteiger partial charge in [0.15, 0.2) is 12.0 Å². The molecule has 6 atom stereocenters. The summed E-state index contributed by atoms with van der Waals surface area (Å²) in [6, 6.07) is 0. The molecule has 0 aromatic rings. The van der Waals surface area contributed by atoms with Gasteiger partial charge in [-0.25, -0.2) is 10.3 Å². The number of aliphatic imine (C=N–C) groups is 1. The van der Waals surface area contributed by atoms with E-state index in [1.807, 2.05) is 0 Å². The molecule has 154 valence electrons. The molecule has 6 aliphatic rings. The van der Waals surface area contributed by atoms with Gasteiger partial charge in [-0.15, -0.1) is 0 Å². The smallest absolute Gasteiger partial charge is 0.188 e. The number of nitrogens with zero attached hydrogens (tertiary/aromatic N) is 1. The Labute approximate surface area is 178 Å². The lowest BCUT2D eigenvalue weighted by Gasteiger charge is -2.47. The summed E-state index contributed by atoms with van der Waals surface area (Å²) in [6.07, 6.45) is 21.9. The normalized spacial score (nSPS) is 41.0. The predicted molar refractivity (Wildman–Crippen MR) is 116 cm³/mol. The van der Waals surface area contributed by atoms with Crippen molar-refractivity contribution >= 4 is 17.4 Å². The van der Waals surface area contributed by atoms with Gasteiger partial charge in [-0.3, -0.25) is 0 Å². The second-order valence-electron chi connectivity index (χ2n) is 9.42. The van der Waals surface area contributed by atoms with Crippen LogP contribution < -0.4 is 10.6 Å². The molecule has 2 N–H and O–H groups in total. The molecule has 2 saturated carbocycles. The number of allylic oxidation sites excluding steroid dienone is 6. The Morgan fingerprint density at radius 1 is 1.03 bits per heavy atom. The molecule has 29 heavy (non-hydrogen) atoms. The van der Waals surface area contributed by atoms with Gasteiger partial charge in [-0.2, -0.15) is 0 Å². The van der Waals surface area contributed by atoms with Gasteiger partial charge in [0.2, 0.25) is 0 Å². The van der Waals surface area contributed by atoms with E-state index in [9.17, 15) is 0 Å². The average molecular weight is 412 g/mol. The van der Waals surface area contributed by atoms with Gasteiger partial charge in [0.05, 0.1) is 6.10 Å². The van der Waals surface area contributed by atoms with Crippen LogP contribution in [0.2, 0.25) is 0 Å². The lowest BCUT2D eigenvalue weighted by Crippen LogP contribution is -2.55. The SMILES string of the molecule is ClC1N=C(C2=CCC3CCC4C=CCC5C=CC2=C3C54)NC(OC2CCCC2)N1. The Bertz CT molecular complexity index is 835. The van der Waals surface area contributed by atoms with Crippen LogP contribution in [-0.2, 0) is 4.74 Å². The van der Waals surface area contributed by atoms with Crippen LogP contribution in [0.5, 0.6) is 0 Å². The van der Waals surface area contributed by atoms with Gasteiger partial charge >= 0.3 is 0 Å². The number of ether oxygens (including phenoxy) is 1. The molecule has 5 aliphatic carbocycles. The minimum absolute atomic E-state index is 0.269. The number of hydrogen-bond acceptors (Lipinski definition) is 4. The van der Waals surface area contributed by atoms with Crippen LogP contribution in [0.25, 0.3) is 0 Å². The summed E-state index contributed by atoms with van der Waals surface area (Å²) in [6.45, 7) is 0. The monoisotopic (exact) mass is 411 g/mol. The minimum Gasteiger partial charge on any atom is -0.342 e. The van der Waals surface area contributed by atoms with Crippen molar-refractivity contribution in [3.63, 3.8) is 0 Å². The predicted octanol–water partition coefficient (Wildman–Crippen LogP) is 4.76. The van der Waals surface area contributed by atoms with Crippen molar-refractivity contribution in [3.8, 4) is 0 Å². The molecular formula is C24H30ClN3O. The van der Waals surface area contributed by atoms with E-state index >= 15 is 0 Å². The fourth-order valence-corrected chi connectivity index (χ4v) is 6.68. The fraction of sp³-hybridized carbons (Fsp3) is 0.625. The maximum absolute atomic E-state index is 6.47.